The maximum Gasteiger partial charge on any atom is 0.389 e. The normalized spacial score (nSPS) is 11.2. The molecule has 3 aromatic rings. The van der Waals surface area contributed by atoms with E-state index >= 15 is 0 Å². The van der Waals surface area contributed by atoms with Crippen LogP contribution in [0, 0.1) is 0 Å². The number of halogens is 3. The fraction of sp³-hybridized carbons (Fsp3) is 0.355. The number of carbonyl (C=O) groups is 2. The van der Waals surface area contributed by atoms with E-state index in [2.05, 4.69) is 0 Å². The first-order valence-electron chi connectivity index (χ1n) is 13.0. The van der Waals surface area contributed by atoms with E-state index in [1.807, 2.05) is 48.5 Å². The van der Waals surface area contributed by atoms with Gasteiger partial charge >= 0.3 is 12.1 Å². The Morgan fingerprint density at radius 3 is 2.33 bits per heavy atom. The van der Waals surface area contributed by atoms with Crippen LogP contribution in [-0.4, -0.2) is 48.8 Å². The molecular weight excluding hydrogens is 523 g/mol. The van der Waals surface area contributed by atoms with Crippen LogP contribution >= 0.6 is 0 Å². The molecule has 0 unspecified atom stereocenters. The molecular formula is C31H34F3NO5. The molecule has 0 aliphatic rings. The number of nitrogens with zero attached hydrogens (tertiary/aromatic N) is 1. The Kier molecular flexibility index (Phi) is 11.0. The summed E-state index contributed by atoms with van der Waals surface area (Å²) in [6.45, 7) is 0.252. The molecule has 0 radical (unpaired) electrons. The highest BCUT2D eigenvalue weighted by Gasteiger charge is 2.26. The third kappa shape index (κ3) is 9.94. The van der Waals surface area contributed by atoms with Gasteiger partial charge in [-0.25, -0.2) is 0 Å². The highest BCUT2D eigenvalue weighted by Crippen LogP contribution is 2.33. The molecule has 0 aliphatic heterocycles. The van der Waals surface area contributed by atoms with Crippen LogP contribution in [0.5, 0.6) is 11.5 Å². The van der Waals surface area contributed by atoms with Crippen molar-refractivity contribution in [2.45, 2.75) is 51.2 Å². The van der Waals surface area contributed by atoms with E-state index in [9.17, 15) is 22.8 Å². The molecule has 3 rings (SSSR count). The second-order valence-electron chi connectivity index (χ2n) is 9.59. The third-order valence-electron chi connectivity index (χ3n) is 6.38. The molecule has 0 aliphatic carbocycles. The lowest BCUT2D eigenvalue weighted by atomic mass is 9.99. The summed E-state index contributed by atoms with van der Waals surface area (Å²) in [5, 5.41) is 9.01. The maximum atomic E-state index is 12.8. The number of carboxylic acid groups (broad SMARTS) is 1. The van der Waals surface area contributed by atoms with Gasteiger partial charge in [-0.2, -0.15) is 13.2 Å². The zero-order chi connectivity index (χ0) is 29.1. The number of carbonyl (C=O) groups excluding carboxylic acids is 1. The summed E-state index contributed by atoms with van der Waals surface area (Å²) in [6, 6.07) is 20.4. The Morgan fingerprint density at radius 2 is 1.60 bits per heavy atom. The largest absolute Gasteiger partial charge is 0.497 e. The summed E-state index contributed by atoms with van der Waals surface area (Å²) in [6.07, 6.45) is -4.26. The number of ether oxygens (including phenoxy) is 2. The summed E-state index contributed by atoms with van der Waals surface area (Å²) >= 11 is 0. The number of methoxy groups -OCH3 is 1. The molecule has 0 heterocycles. The topological polar surface area (TPSA) is 76.1 Å². The maximum absolute atomic E-state index is 12.8. The van der Waals surface area contributed by atoms with E-state index in [4.69, 9.17) is 14.6 Å². The molecule has 0 saturated carbocycles. The number of aliphatic carboxylic acids is 1. The highest BCUT2D eigenvalue weighted by atomic mass is 19.4. The number of aryl methyl sites for hydroxylation is 2. The zero-order valence-corrected chi connectivity index (χ0v) is 22.7. The molecule has 0 spiro atoms. The van der Waals surface area contributed by atoms with Crippen molar-refractivity contribution in [2.24, 2.45) is 0 Å². The van der Waals surface area contributed by atoms with E-state index in [0.717, 1.165) is 28.0 Å². The van der Waals surface area contributed by atoms with Gasteiger partial charge in [-0.3, -0.25) is 9.59 Å². The molecule has 0 saturated heterocycles. The lowest BCUT2D eigenvalue weighted by Crippen LogP contribution is -2.26. The number of hydrogen-bond acceptors (Lipinski definition) is 4. The van der Waals surface area contributed by atoms with Crippen molar-refractivity contribution in [3.63, 3.8) is 0 Å². The fourth-order valence-electron chi connectivity index (χ4n) is 4.26. The SMILES string of the molecule is COc1cccc(CCC(=O)N(C)Cc2cccc(-c3ccc(CCC(=O)O)cc3OCCCC(F)(F)F)c2)c1. The number of benzene rings is 3. The summed E-state index contributed by atoms with van der Waals surface area (Å²) in [4.78, 5) is 25.4. The summed E-state index contributed by atoms with van der Waals surface area (Å²) < 4.78 is 48.8. The monoisotopic (exact) mass is 557 g/mol. The van der Waals surface area contributed by atoms with Gasteiger partial charge in [0.05, 0.1) is 13.7 Å². The van der Waals surface area contributed by atoms with Gasteiger partial charge < -0.3 is 19.5 Å². The van der Waals surface area contributed by atoms with Crippen molar-refractivity contribution in [2.75, 3.05) is 20.8 Å². The molecule has 0 bridgehead atoms. The van der Waals surface area contributed by atoms with Crippen LogP contribution < -0.4 is 9.47 Å². The lowest BCUT2D eigenvalue weighted by Gasteiger charge is -2.19. The minimum absolute atomic E-state index is 0.00954. The fourth-order valence-corrected chi connectivity index (χ4v) is 4.26. The van der Waals surface area contributed by atoms with Gasteiger partial charge in [0, 0.05) is 38.4 Å². The van der Waals surface area contributed by atoms with Crippen LogP contribution in [0.25, 0.3) is 11.1 Å². The van der Waals surface area contributed by atoms with Gasteiger partial charge in [0.15, 0.2) is 0 Å². The first kappa shape index (κ1) is 30.5. The number of rotatable bonds is 14. The van der Waals surface area contributed by atoms with Gasteiger partial charge in [0.2, 0.25) is 5.91 Å². The minimum Gasteiger partial charge on any atom is -0.497 e. The van der Waals surface area contributed by atoms with Crippen molar-refractivity contribution >= 4 is 11.9 Å². The molecule has 9 heteroatoms. The number of carboxylic acids is 1. The third-order valence-corrected chi connectivity index (χ3v) is 6.38. The second-order valence-corrected chi connectivity index (χ2v) is 9.59. The highest BCUT2D eigenvalue weighted by molar-refractivity contribution is 5.76. The van der Waals surface area contributed by atoms with E-state index in [0.29, 0.717) is 30.7 Å². The van der Waals surface area contributed by atoms with Gasteiger partial charge in [-0.1, -0.05) is 42.5 Å². The van der Waals surface area contributed by atoms with Gasteiger partial charge in [-0.15, -0.1) is 0 Å². The van der Waals surface area contributed by atoms with E-state index in [1.165, 1.54) is 0 Å². The second kappa shape index (κ2) is 14.4. The standard InChI is InChI=1S/C31H34F3NO5/c1-35(29(36)14-11-22-6-4-9-26(19-22)39-2)21-24-7-3-8-25(18-24)27-13-10-23(12-15-30(37)38)20-28(27)40-17-5-16-31(32,33)34/h3-4,6-10,13,18-20H,5,11-12,14-17,21H2,1-2H3,(H,37,38). The van der Waals surface area contributed by atoms with Crippen molar-refractivity contribution in [1.82, 2.24) is 4.90 Å². The Morgan fingerprint density at radius 1 is 0.900 bits per heavy atom. The first-order valence-corrected chi connectivity index (χ1v) is 13.0. The molecule has 40 heavy (non-hydrogen) atoms. The molecule has 6 nitrogen and oxygen atoms in total. The summed E-state index contributed by atoms with van der Waals surface area (Å²) in [5.41, 5.74) is 4.07. The van der Waals surface area contributed by atoms with Crippen LogP contribution in [0.2, 0.25) is 0 Å². The molecule has 0 fully saturated rings. The van der Waals surface area contributed by atoms with Gasteiger partial charge in [-0.05, 0) is 65.8 Å². The van der Waals surface area contributed by atoms with E-state index in [-0.39, 0.29) is 31.8 Å². The molecule has 0 atom stereocenters. The molecule has 1 amide bonds. The van der Waals surface area contributed by atoms with Crippen molar-refractivity contribution in [1.29, 1.82) is 0 Å². The average molecular weight is 558 g/mol. The van der Waals surface area contributed by atoms with Crippen LogP contribution in [0.1, 0.15) is 42.4 Å². The van der Waals surface area contributed by atoms with E-state index < -0.39 is 18.6 Å². The number of alkyl halides is 3. The van der Waals surface area contributed by atoms with Gasteiger partial charge in [0.1, 0.15) is 11.5 Å². The Bertz CT molecular complexity index is 1290. The molecule has 0 aromatic heterocycles. The van der Waals surface area contributed by atoms with Crippen LogP contribution in [0.15, 0.2) is 66.7 Å². The minimum atomic E-state index is -4.26. The summed E-state index contributed by atoms with van der Waals surface area (Å²) in [5.74, 6) is 0.190. The smallest absolute Gasteiger partial charge is 0.389 e. The predicted molar refractivity (Wildman–Crippen MR) is 146 cm³/mol. The molecule has 3 aromatic carbocycles. The Hall–Kier alpha value is -4.01. The summed E-state index contributed by atoms with van der Waals surface area (Å²) in [7, 11) is 3.34. The van der Waals surface area contributed by atoms with Crippen molar-refractivity contribution in [3.05, 3.63) is 83.4 Å². The van der Waals surface area contributed by atoms with Crippen LogP contribution in [0.3, 0.4) is 0 Å². The van der Waals surface area contributed by atoms with Crippen LogP contribution in [0.4, 0.5) is 13.2 Å². The molecule has 214 valence electrons. The van der Waals surface area contributed by atoms with Crippen molar-refractivity contribution < 1.29 is 37.3 Å². The lowest BCUT2D eigenvalue weighted by molar-refractivity contribution is -0.137. The Labute approximate surface area is 232 Å². The van der Waals surface area contributed by atoms with E-state index in [1.54, 1.807) is 37.3 Å². The zero-order valence-electron chi connectivity index (χ0n) is 22.7. The van der Waals surface area contributed by atoms with Crippen LogP contribution in [-0.2, 0) is 29.0 Å². The van der Waals surface area contributed by atoms with Gasteiger partial charge in [0.25, 0.3) is 0 Å². The number of amides is 1. The van der Waals surface area contributed by atoms with Crippen molar-refractivity contribution in [3.8, 4) is 22.6 Å². The first-order chi connectivity index (χ1) is 19.0. The quantitative estimate of drug-likeness (QED) is 0.224. The number of hydrogen-bond donors (Lipinski definition) is 1. The average Bonchev–Trinajstić information content (AvgIpc) is 2.92. The molecule has 1 N–H and O–H groups in total. The Balaban J connectivity index is 1.71. The predicted octanol–water partition coefficient (Wildman–Crippen LogP) is 6.69.